The molecule has 3 aromatic rings. The Labute approximate surface area is 179 Å². The fourth-order valence-electron chi connectivity index (χ4n) is 4.17. The minimum atomic E-state index is -0.557. The van der Waals surface area contributed by atoms with Gasteiger partial charge in [-0.15, -0.1) is 0 Å². The number of fused-ring (bicyclic) bond motifs is 2. The highest BCUT2D eigenvalue weighted by molar-refractivity contribution is 5.76. The predicted molar refractivity (Wildman–Crippen MR) is 118 cm³/mol. The minimum Gasteiger partial charge on any atom is -0.353 e. The summed E-state index contributed by atoms with van der Waals surface area (Å²) in [5, 5.41) is 2.91. The lowest BCUT2D eigenvalue weighted by atomic mass is 9.94. The molecule has 1 N–H and O–H groups in total. The molecule has 9 nitrogen and oxygen atoms in total. The molecule has 1 aromatic carbocycles. The highest BCUT2D eigenvalue weighted by Crippen LogP contribution is 2.24. The lowest BCUT2D eigenvalue weighted by molar-refractivity contribution is -0.122. The third-order valence-corrected chi connectivity index (χ3v) is 6.21. The number of hydrogen-bond donors (Lipinski definition) is 1. The van der Waals surface area contributed by atoms with Gasteiger partial charge in [0.15, 0.2) is 11.2 Å². The van der Waals surface area contributed by atoms with Crippen LogP contribution in [-0.2, 0) is 38.4 Å². The first kappa shape index (κ1) is 21.0. The number of nitrogens with one attached hydrogen (secondary N) is 1. The standard InChI is InChI=1S/C22H28N6O3/c1-22(2,27-10-9-15-7-5-6-8-16(15)11-27)13-23-17(29)12-28-20(30)18-19(24-14-25(18)3)26(4)21(28)31/h5-8,14H,9-13H2,1-4H3,(H,23,29). The van der Waals surface area contributed by atoms with Gasteiger partial charge in [0, 0.05) is 39.3 Å². The second-order valence-electron chi connectivity index (χ2n) is 8.79. The zero-order valence-corrected chi connectivity index (χ0v) is 18.4. The largest absolute Gasteiger partial charge is 0.353 e. The molecular weight excluding hydrogens is 396 g/mol. The molecule has 0 fully saturated rings. The summed E-state index contributed by atoms with van der Waals surface area (Å²) in [5.41, 5.74) is 1.94. The molecule has 4 rings (SSSR count). The van der Waals surface area contributed by atoms with Gasteiger partial charge in [-0.05, 0) is 31.4 Å². The number of aromatic nitrogens is 4. The van der Waals surface area contributed by atoms with Crippen LogP contribution < -0.4 is 16.6 Å². The van der Waals surface area contributed by atoms with E-state index in [0.29, 0.717) is 17.7 Å². The quantitative estimate of drug-likeness (QED) is 0.639. The molecule has 0 bridgehead atoms. The lowest BCUT2D eigenvalue weighted by Crippen LogP contribution is -2.54. The molecule has 2 aromatic heterocycles. The van der Waals surface area contributed by atoms with Gasteiger partial charge in [-0.1, -0.05) is 24.3 Å². The van der Waals surface area contributed by atoms with E-state index >= 15 is 0 Å². The van der Waals surface area contributed by atoms with Crippen LogP contribution in [0.5, 0.6) is 0 Å². The molecule has 0 radical (unpaired) electrons. The summed E-state index contributed by atoms with van der Waals surface area (Å²) in [5.74, 6) is -0.369. The zero-order chi connectivity index (χ0) is 22.3. The number of benzene rings is 1. The maximum Gasteiger partial charge on any atom is 0.332 e. The van der Waals surface area contributed by atoms with E-state index in [-0.39, 0.29) is 18.0 Å². The highest BCUT2D eigenvalue weighted by Gasteiger charge is 2.30. The number of carbonyl (C=O) groups is 1. The van der Waals surface area contributed by atoms with Crippen LogP contribution in [0.15, 0.2) is 40.2 Å². The van der Waals surface area contributed by atoms with E-state index in [4.69, 9.17) is 0 Å². The summed E-state index contributed by atoms with van der Waals surface area (Å²) < 4.78 is 3.81. The molecule has 0 atom stereocenters. The van der Waals surface area contributed by atoms with Crippen molar-refractivity contribution in [1.82, 2.24) is 28.9 Å². The van der Waals surface area contributed by atoms with Crippen LogP contribution in [-0.4, -0.2) is 48.1 Å². The van der Waals surface area contributed by atoms with Crippen molar-refractivity contribution in [1.29, 1.82) is 0 Å². The topological polar surface area (TPSA) is 94.2 Å². The number of carbonyl (C=O) groups excluding carboxylic acids is 1. The van der Waals surface area contributed by atoms with Crippen LogP contribution in [0.25, 0.3) is 11.2 Å². The third-order valence-electron chi connectivity index (χ3n) is 6.21. The summed E-state index contributed by atoms with van der Waals surface area (Å²) in [6.07, 6.45) is 2.46. The second-order valence-corrected chi connectivity index (χ2v) is 8.79. The van der Waals surface area contributed by atoms with E-state index in [9.17, 15) is 14.4 Å². The summed E-state index contributed by atoms with van der Waals surface area (Å²) in [6.45, 7) is 6.01. The van der Waals surface area contributed by atoms with E-state index in [1.54, 1.807) is 18.7 Å². The van der Waals surface area contributed by atoms with Gasteiger partial charge in [-0.25, -0.2) is 14.3 Å². The van der Waals surface area contributed by atoms with Gasteiger partial charge in [0.1, 0.15) is 6.54 Å². The smallest absolute Gasteiger partial charge is 0.332 e. The molecule has 0 saturated heterocycles. The monoisotopic (exact) mass is 424 g/mol. The van der Waals surface area contributed by atoms with Crippen LogP contribution >= 0.6 is 0 Å². The first-order chi connectivity index (χ1) is 14.7. The molecule has 0 spiro atoms. The van der Waals surface area contributed by atoms with E-state index in [2.05, 4.69) is 53.3 Å². The molecule has 9 heteroatoms. The summed E-state index contributed by atoms with van der Waals surface area (Å²) in [7, 11) is 3.23. The summed E-state index contributed by atoms with van der Waals surface area (Å²) in [6, 6.07) is 8.43. The van der Waals surface area contributed by atoms with Crippen molar-refractivity contribution in [3.05, 3.63) is 62.6 Å². The molecule has 1 aliphatic rings. The van der Waals surface area contributed by atoms with Crippen molar-refractivity contribution in [2.45, 2.75) is 38.9 Å². The van der Waals surface area contributed by atoms with Crippen LogP contribution in [0, 0.1) is 0 Å². The van der Waals surface area contributed by atoms with Gasteiger partial charge >= 0.3 is 5.69 Å². The SMILES string of the molecule is Cn1cnc2c1c(=O)n(CC(=O)NCC(C)(C)N1CCc3ccccc3C1)c(=O)n2C. The molecular formula is C22H28N6O3. The number of aryl methyl sites for hydroxylation is 2. The molecule has 0 unspecified atom stereocenters. The van der Waals surface area contributed by atoms with E-state index in [1.807, 2.05) is 0 Å². The van der Waals surface area contributed by atoms with E-state index < -0.39 is 11.2 Å². The fraction of sp³-hybridized carbons (Fsp3) is 0.455. The number of nitrogens with zero attached hydrogens (tertiary/aromatic N) is 5. The van der Waals surface area contributed by atoms with Gasteiger partial charge < -0.3 is 9.88 Å². The van der Waals surface area contributed by atoms with Crippen LogP contribution in [0.3, 0.4) is 0 Å². The van der Waals surface area contributed by atoms with Crippen LogP contribution in [0.4, 0.5) is 0 Å². The van der Waals surface area contributed by atoms with Gasteiger partial charge in [0.05, 0.1) is 6.33 Å². The predicted octanol–water partition coefficient (Wildman–Crippen LogP) is 0.387. The lowest BCUT2D eigenvalue weighted by Gasteiger charge is -2.41. The molecule has 0 aliphatic carbocycles. The van der Waals surface area contributed by atoms with Crippen LogP contribution in [0.2, 0.25) is 0 Å². The van der Waals surface area contributed by atoms with E-state index in [1.165, 1.54) is 22.0 Å². The molecule has 31 heavy (non-hydrogen) atoms. The van der Waals surface area contributed by atoms with Crippen molar-refractivity contribution < 1.29 is 4.79 Å². The zero-order valence-electron chi connectivity index (χ0n) is 18.4. The number of hydrogen-bond acceptors (Lipinski definition) is 5. The first-order valence-electron chi connectivity index (χ1n) is 10.4. The Bertz CT molecular complexity index is 1270. The van der Waals surface area contributed by atoms with Crippen molar-refractivity contribution in [2.75, 3.05) is 13.1 Å². The summed E-state index contributed by atoms with van der Waals surface area (Å²) >= 11 is 0. The van der Waals surface area contributed by atoms with Gasteiger partial charge in [-0.2, -0.15) is 0 Å². The van der Waals surface area contributed by atoms with Crippen molar-refractivity contribution in [3.8, 4) is 0 Å². The number of amides is 1. The van der Waals surface area contributed by atoms with Crippen LogP contribution in [0.1, 0.15) is 25.0 Å². The summed E-state index contributed by atoms with van der Waals surface area (Å²) in [4.78, 5) is 44.5. The normalized spacial score (nSPS) is 14.6. The first-order valence-corrected chi connectivity index (χ1v) is 10.4. The van der Waals surface area contributed by atoms with Crippen molar-refractivity contribution in [3.63, 3.8) is 0 Å². The number of imidazole rings is 1. The third kappa shape index (κ3) is 3.81. The van der Waals surface area contributed by atoms with Gasteiger partial charge in [0.25, 0.3) is 5.56 Å². The molecule has 3 heterocycles. The minimum absolute atomic E-state index is 0.273. The van der Waals surface area contributed by atoms with Gasteiger partial charge in [0.2, 0.25) is 5.91 Å². The molecule has 0 saturated carbocycles. The van der Waals surface area contributed by atoms with E-state index in [0.717, 1.165) is 24.1 Å². The Morgan fingerprint density at radius 2 is 1.87 bits per heavy atom. The fourth-order valence-corrected chi connectivity index (χ4v) is 4.17. The number of rotatable bonds is 5. The molecule has 1 aliphatic heterocycles. The Morgan fingerprint density at radius 1 is 1.16 bits per heavy atom. The molecule has 164 valence electrons. The van der Waals surface area contributed by atoms with Crippen molar-refractivity contribution in [2.24, 2.45) is 14.1 Å². The highest BCUT2D eigenvalue weighted by atomic mass is 16.2. The Kier molecular flexibility index (Phi) is 5.30. The average molecular weight is 425 g/mol. The van der Waals surface area contributed by atoms with Crippen molar-refractivity contribution >= 4 is 17.1 Å². The second kappa shape index (κ2) is 7.81. The Balaban J connectivity index is 1.47. The maximum absolute atomic E-state index is 12.8. The Morgan fingerprint density at radius 3 is 2.61 bits per heavy atom. The maximum atomic E-state index is 12.8. The molecule has 1 amide bonds. The van der Waals surface area contributed by atoms with Gasteiger partial charge in [-0.3, -0.25) is 19.1 Å². The average Bonchev–Trinajstić information content (AvgIpc) is 3.15. The Hall–Kier alpha value is -3.20.